The molecule has 1 aromatic carbocycles. The molecule has 2 unspecified atom stereocenters. The molecular formula is C28H38N2O6. The molecule has 3 aliphatic rings. The highest BCUT2D eigenvalue weighted by Crippen LogP contribution is 2.64. The summed E-state index contributed by atoms with van der Waals surface area (Å²) >= 11 is 0. The number of carboxylic acid groups (broad SMARTS) is 1. The highest BCUT2D eigenvalue weighted by Gasteiger charge is 2.79. The van der Waals surface area contributed by atoms with Gasteiger partial charge in [0.1, 0.15) is 17.6 Å². The van der Waals surface area contributed by atoms with E-state index in [0.717, 1.165) is 16.8 Å². The van der Waals surface area contributed by atoms with E-state index in [4.69, 9.17) is 4.74 Å². The molecule has 0 saturated carbocycles. The molecule has 0 aromatic heterocycles. The number of ether oxygens (including phenoxy) is 1. The lowest BCUT2D eigenvalue weighted by atomic mass is 9.65. The van der Waals surface area contributed by atoms with Crippen molar-refractivity contribution in [1.82, 2.24) is 4.90 Å². The van der Waals surface area contributed by atoms with Crippen LogP contribution in [-0.4, -0.2) is 69.8 Å². The molecule has 1 aromatic rings. The van der Waals surface area contributed by atoms with E-state index in [9.17, 15) is 24.6 Å². The lowest BCUT2D eigenvalue weighted by Crippen LogP contribution is -2.56. The van der Waals surface area contributed by atoms with Gasteiger partial charge < -0.3 is 24.7 Å². The standard InChI is InChI=1S/C28H38N2O6/c1-5-14-29(20-17-18(3)10-11-19(20)4)25(33)23-28-13-12-27(6-2,36-28)22(26(34)35)21(28)24(32)30(23)15-8-7-9-16-31/h5,10-11,17,21-23,31H,1,6-9,12-16H2,2-4H3,(H,34,35)/t21-,22+,23?,27-,28?/m0/s1. The van der Waals surface area contributed by atoms with Gasteiger partial charge in [-0.1, -0.05) is 25.1 Å². The molecule has 4 rings (SSSR count). The van der Waals surface area contributed by atoms with Crippen LogP contribution in [0.2, 0.25) is 0 Å². The average molecular weight is 499 g/mol. The first kappa shape index (κ1) is 26.4. The van der Waals surface area contributed by atoms with Gasteiger partial charge in [-0.25, -0.2) is 0 Å². The number of benzene rings is 1. The van der Waals surface area contributed by atoms with Gasteiger partial charge in [-0.15, -0.1) is 6.58 Å². The van der Waals surface area contributed by atoms with Crippen LogP contribution in [0.25, 0.3) is 0 Å². The van der Waals surface area contributed by atoms with E-state index in [-0.39, 0.29) is 25.0 Å². The lowest BCUT2D eigenvalue weighted by Gasteiger charge is -2.37. The molecule has 3 fully saturated rings. The number of likely N-dealkylation sites (tertiary alicyclic amines) is 1. The van der Waals surface area contributed by atoms with Crippen LogP contribution in [0.1, 0.15) is 56.6 Å². The van der Waals surface area contributed by atoms with E-state index in [1.807, 2.05) is 39.0 Å². The normalized spacial score (nSPS) is 30.5. The Balaban J connectivity index is 1.80. The minimum atomic E-state index is -1.17. The number of carbonyl (C=O) groups excluding carboxylic acids is 2. The van der Waals surface area contributed by atoms with Crippen molar-refractivity contribution < 1.29 is 29.3 Å². The van der Waals surface area contributed by atoms with Crippen LogP contribution in [-0.2, 0) is 19.1 Å². The van der Waals surface area contributed by atoms with E-state index in [1.54, 1.807) is 15.9 Å². The molecular weight excluding hydrogens is 460 g/mol. The van der Waals surface area contributed by atoms with Crippen LogP contribution in [0, 0.1) is 25.7 Å². The third-order valence-electron chi connectivity index (χ3n) is 8.47. The van der Waals surface area contributed by atoms with Gasteiger partial charge in [0.2, 0.25) is 5.91 Å². The van der Waals surface area contributed by atoms with Crippen LogP contribution in [0.4, 0.5) is 5.69 Å². The van der Waals surface area contributed by atoms with Gasteiger partial charge in [0.25, 0.3) is 5.91 Å². The number of carboxylic acids is 1. The van der Waals surface area contributed by atoms with Gasteiger partial charge in [0.15, 0.2) is 0 Å². The predicted molar refractivity (Wildman–Crippen MR) is 136 cm³/mol. The van der Waals surface area contributed by atoms with Gasteiger partial charge in [-0.05, 0) is 69.6 Å². The second-order valence-corrected chi connectivity index (χ2v) is 10.5. The first-order valence-electron chi connectivity index (χ1n) is 13.0. The van der Waals surface area contributed by atoms with Crippen molar-refractivity contribution >= 4 is 23.5 Å². The van der Waals surface area contributed by atoms with Gasteiger partial charge >= 0.3 is 5.97 Å². The van der Waals surface area contributed by atoms with E-state index < -0.39 is 35.0 Å². The quantitative estimate of drug-likeness (QED) is 0.358. The summed E-state index contributed by atoms with van der Waals surface area (Å²) in [6.45, 7) is 10.3. The maximum Gasteiger partial charge on any atom is 0.310 e. The summed E-state index contributed by atoms with van der Waals surface area (Å²) in [6, 6.07) is 4.99. The molecule has 196 valence electrons. The average Bonchev–Trinajstić information content (AvgIpc) is 3.45. The van der Waals surface area contributed by atoms with Gasteiger partial charge in [-0.3, -0.25) is 14.4 Å². The number of rotatable bonds is 11. The third kappa shape index (κ3) is 3.95. The number of fused-ring (bicyclic) bond motifs is 1. The monoisotopic (exact) mass is 498 g/mol. The minimum absolute atomic E-state index is 0.0613. The van der Waals surface area contributed by atoms with Crippen LogP contribution >= 0.6 is 0 Å². The molecule has 3 heterocycles. The molecule has 2 amide bonds. The summed E-state index contributed by atoms with van der Waals surface area (Å²) < 4.78 is 6.62. The fraction of sp³-hybridized carbons (Fsp3) is 0.607. The summed E-state index contributed by atoms with van der Waals surface area (Å²) in [5, 5.41) is 19.4. The number of nitrogens with zero attached hydrogens (tertiary/aromatic N) is 2. The molecule has 5 atom stereocenters. The van der Waals surface area contributed by atoms with Crippen molar-refractivity contribution in [3.63, 3.8) is 0 Å². The topological polar surface area (TPSA) is 107 Å². The summed E-state index contributed by atoms with van der Waals surface area (Å²) in [5.74, 6) is -3.48. The molecule has 2 bridgehead atoms. The zero-order valence-corrected chi connectivity index (χ0v) is 21.5. The van der Waals surface area contributed by atoms with Crippen LogP contribution in [0.15, 0.2) is 30.9 Å². The highest BCUT2D eigenvalue weighted by atomic mass is 16.5. The fourth-order valence-electron chi connectivity index (χ4n) is 6.78. The molecule has 8 heteroatoms. The molecule has 3 saturated heterocycles. The Morgan fingerprint density at radius 1 is 1.25 bits per heavy atom. The zero-order chi connectivity index (χ0) is 26.3. The Morgan fingerprint density at radius 3 is 2.64 bits per heavy atom. The maximum atomic E-state index is 14.5. The van der Waals surface area contributed by atoms with Crippen LogP contribution in [0.5, 0.6) is 0 Å². The summed E-state index contributed by atoms with van der Waals surface area (Å²) in [7, 11) is 0. The smallest absolute Gasteiger partial charge is 0.310 e. The molecule has 2 N–H and O–H groups in total. The number of hydrogen-bond donors (Lipinski definition) is 2. The van der Waals surface area contributed by atoms with E-state index in [2.05, 4.69) is 6.58 Å². The van der Waals surface area contributed by atoms with Crippen molar-refractivity contribution in [2.45, 2.75) is 76.5 Å². The fourth-order valence-corrected chi connectivity index (χ4v) is 6.78. The first-order chi connectivity index (χ1) is 17.2. The van der Waals surface area contributed by atoms with Crippen molar-refractivity contribution in [3.8, 4) is 0 Å². The van der Waals surface area contributed by atoms with Gasteiger partial charge in [0.05, 0.1) is 11.5 Å². The van der Waals surface area contributed by atoms with Crippen molar-refractivity contribution in [3.05, 3.63) is 42.0 Å². The number of anilines is 1. The number of aliphatic hydroxyl groups is 1. The predicted octanol–water partition coefficient (Wildman–Crippen LogP) is 3.22. The van der Waals surface area contributed by atoms with Crippen molar-refractivity contribution in [2.24, 2.45) is 11.8 Å². The van der Waals surface area contributed by atoms with E-state index >= 15 is 0 Å². The zero-order valence-electron chi connectivity index (χ0n) is 21.5. The summed E-state index contributed by atoms with van der Waals surface area (Å²) in [5.41, 5.74) is 0.580. The largest absolute Gasteiger partial charge is 0.481 e. The molecule has 3 aliphatic heterocycles. The Kier molecular flexibility index (Phi) is 7.30. The maximum absolute atomic E-state index is 14.5. The number of hydrogen-bond acceptors (Lipinski definition) is 5. The number of aliphatic carboxylic acids is 1. The van der Waals surface area contributed by atoms with Crippen molar-refractivity contribution in [2.75, 3.05) is 24.6 Å². The van der Waals surface area contributed by atoms with E-state index in [0.29, 0.717) is 45.1 Å². The number of carbonyl (C=O) groups is 3. The molecule has 0 aliphatic carbocycles. The molecule has 8 nitrogen and oxygen atoms in total. The third-order valence-corrected chi connectivity index (χ3v) is 8.47. The summed E-state index contributed by atoms with van der Waals surface area (Å²) in [6.07, 6.45) is 5.04. The van der Waals surface area contributed by atoms with Crippen molar-refractivity contribution in [1.29, 1.82) is 0 Å². The second-order valence-electron chi connectivity index (χ2n) is 10.5. The van der Waals surface area contributed by atoms with Crippen LogP contribution < -0.4 is 4.90 Å². The second kappa shape index (κ2) is 9.98. The Bertz CT molecular complexity index is 1060. The van der Waals surface area contributed by atoms with E-state index in [1.165, 1.54) is 0 Å². The molecule has 36 heavy (non-hydrogen) atoms. The molecule has 0 radical (unpaired) electrons. The summed E-state index contributed by atoms with van der Waals surface area (Å²) in [4.78, 5) is 44.1. The minimum Gasteiger partial charge on any atom is -0.481 e. The number of amides is 2. The number of aryl methyl sites for hydroxylation is 2. The Morgan fingerprint density at radius 2 is 2.00 bits per heavy atom. The lowest BCUT2D eigenvalue weighted by molar-refractivity contribution is -0.155. The Labute approximate surface area is 212 Å². The number of unbranched alkanes of at least 4 members (excludes halogenated alkanes) is 2. The highest BCUT2D eigenvalue weighted by molar-refractivity contribution is 6.05. The van der Waals surface area contributed by atoms with Crippen LogP contribution in [0.3, 0.4) is 0 Å². The SMILES string of the molecule is C=CCN(C(=O)C1N(CCCCCO)C(=O)[C@@H]2[C@H](C(=O)O)[C@]3(CC)CCC12O3)c1cc(C)ccc1C. The van der Waals surface area contributed by atoms with Gasteiger partial charge in [0, 0.05) is 25.4 Å². The Hall–Kier alpha value is -2.71. The molecule has 1 spiro atoms. The first-order valence-corrected chi connectivity index (χ1v) is 13.0. The van der Waals surface area contributed by atoms with Gasteiger partial charge in [-0.2, -0.15) is 0 Å². The number of aliphatic hydroxyl groups excluding tert-OH is 1.